The lowest BCUT2D eigenvalue weighted by atomic mass is 9.94. The second-order valence-electron chi connectivity index (χ2n) is 7.88. The molecule has 0 radical (unpaired) electrons. The van der Waals surface area contributed by atoms with Crippen molar-refractivity contribution in [3.63, 3.8) is 0 Å². The van der Waals surface area contributed by atoms with Gasteiger partial charge < -0.3 is 8.98 Å². The third-order valence-corrected chi connectivity index (χ3v) is 4.77. The van der Waals surface area contributed by atoms with E-state index in [1.54, 1.807) is 0 Å². The van der Waals surface area contributed by atoms with Gasteiger partial charge in [0.05, 0.1) is 19.3 Å². The second kappa shape index (κ2) is 6.69. The fraction of sp³-hybridized carbons (Fsp3) is 0.667. The molecule has 3 heterocycles. The van der Waals surface area contributed by atoms with Gasteiger partial charge in [-0.05, 0) is 6.92 Å². The zero-order chi connectivity index (χ0) is 17.3. The summed E-state index contributed by atoms with van der Waals surface area (Å²) in [5.41, 5.74) is 0.0132. The van der Waals surface area contributed by atoms with Gasteiger partial charge in [0.2, 0.25) is 5.89 Å². The van der Waals surface area contributed by atoms with Crippen molar-refractivity contribution in [1.82, 2.24) is 24.3 Å². The molecule has 0 saturated carbocycles. The maximum atomic E-state index is 5.93. The van der Waals surface area contributed by atoms with Crippen LogP contribution >= 0.6 is 0 Å². The van der Waals surface area contributed by atoms with Crippen molar-refractivity contribution in [1.29, 1.82) is 0 Å². The van der Waals surface area contributed by atoms with Crippen LogP contribution in [0.15, 0.2) is 23.0 Å². The largest absolute Gasteiger partial charge is 0.444 e. The van der Waals surface area contributed by atoms with Crippen LogP contribution in [0.25, 0.3) is 0 Å². The predicted octanol–water partition coefficient (Wildman–Crippen LogP) is 2.41. The summed E-state index contributed by atoms with van der Waals surface area (Å²) in [6.45, 7) is 13.5. The van der Waals surface area contributed by atoms with Crippen LogP contribution in [0.1, 0.15) is 45.2 Å². The Morgan fingerprint density at radius 1 is 1.21 bits per heavy atom. The Bertz CT molecular complexity index is 669. The molecular formula is C18H29N5O. The number of nitrogens with zero attached hydrogens (tertiary/aromatic N) is 5. The van der Waals surface area contributed by atoms with Crippen LogP contribution in [0.4, 0.5) is 0 Å². The molecule has 0 amide bonds. The highest BCUT2D eigenvalue weighted by atomic mass is 16.4. The van der Waals surface area contributed by atoms with E-state index in [0.717, 1.165) is 50.2 Å². The monoisotopic (exact) mass is 331 g/mol. The van der Waals surface area contributed by atoms with E-state index < -0.39 is 0 Å². The average molecular weight is 331 g/mol. The maximum absolute atomic E-state index is 5.93. The minimum absolute atomic E-state index is 0.0132. The highest BCUT2D eigenvalue weighted by Crippen LogP contribution is 2.23. The van der Waals surface area contributed by atoms with Crippen molar-refractivity contribution >= 4 is 0 Å². The van der Waals surface area contributed by atoms with Gasteiger partial charge in [-0.2, -0.15) is 0 Å². The van der Waals surface area contributed by atoms with E-state index in [4.69, 9.17) is 4.42 Å². The fourth-order valence-corrected chi connectivity index (χ4v) is 3.10. The highest BCUT2D eigenvalue weighted by Gasteiger charge is 2.26. The maximum Gasteiger partial charge on any atom is 0.208 e. The summed E-state index contributed by atoms with van der Waals surface area (Å²) in [4.78, 5) is 13.8. The average Bonchev–Trinajstić information content (AvgIpc) is 3.11. The van der Waals surface area contributed by atoms with Gasteiger partial charge in [0, 0.05) is 50.5 Å². The highest BCUT2D eigenvalue weighted by molar-refractivity contribution is 5.06. The van der Waals surface area contributed by atoms with E-state index in [2.05, 4.69) is 59.1 Å². The van der Waals surface area contributed by atoms with Crippen molar-refractivity contribution in [2.45, 2.75) is 52.2 Å². The van der Waals surface area contributed by atoms with E-state index in [1.807, 2.05) is 18.6 Å². The molecule has 1 atom stereocenters. The summed E-state index contributed by atoms with van der Waals surface area (Å²) in [6.07, 6.45) is 5.74. The summed E-state index contributed by atoms with van der Waals surface area (Å²) in [5, 5.41) is 0. The van der Waals surface area contributed by atoms with E-state index >= 15 is 0 Å². The third-order valence-electron chi connectivity index (χ3n) is 4.77. The third kappa shape index (κ3) is 3.87. The fourth-order valence-electron chi connectivity index (χ4n) is 3.10. The van der Waals surface area contributed by atoms with Crippen LogP contribution in [0, 0.1) is 0 Å². The van der Waals surface area contributed by atoms with Gasteiger partial charge in [-0.1, -0.05) is 20.8 Å². The van der Waals surface area contributed by atoms with Crippen molar-refractivity contribution in [2.75, 3.05) is 19.6 Å². The number of oxazole rings is 1. The molecule has 0 bridgehead atoms. The number of aromatic nitrogens is 3. The second-order valence-corrected chi connectivity index (χ2v) is 7.88. The minimum Gasteiger partial charge on any atom is -0.444 e. The van der Waals surface area contributed by atoms with Crippen LogP contribution < -0.4 is 0 Å². The molecule has 24 heavy (non-hydrogen) atoms. The molecule has 1 aliphatic heterocycles. The molecule has 0 aliphatic carbocycles. The van der Waals surface area contributed by atoms with Gasteiger partial charge in [0.15, 0.2) is 0 Å². The van der Waals surface area contributed by atoms with Crippen molar-refractivity contribution in [2.24, 2.45) is 7.05 Å². The summed E-state index contributed by atoms with van der Waals surface area (Å²) in [5.74, 6) is 2.90. The SMILES string of the molecule is C[C@H]1CN(Cc2ncc(C(C)(C)C)o2)CCN1Cc1nccn1C. The Kier molecular flexibility index (Phi) is 4.78. The normalized spacial score (nSPS) is 20.6. The van der Waals surface area contributed by atoms with Gasteiger partial charge >= 0.3 is 0 Å². The van der Waals surface area contributed by atoms with E-state index in [9.17, 15) is 0 Å². The molecule has 0 aromatic carbocycles. The Labute approximate surface area is 144 Å². The first-order valence-electron chi connectivity index (χ1n) is 8.70. The Balaban J connectivity index is 1.55. The van der Waals surface area contributed by atoms with Crippen molar-refractivity contribution < 1.29 is 4.42 Å². The first kappa shape index (κ1) is 17.2. The Hall–Kier alpha value is -1.66. The Morgan fingerprint density at radius 3 is 2.58 bits per heavy atom. The number of piperazine rings is 1. The zero-order valence-electron chi connectivity index (χ0n) is 15.5. The standard InChI is InChI=1S/C18H29N5O/c1-14-11-22(13-17-20-10-15(24-17)18(2,3)4)8-9-23(14)12-16-19-6-7-21(16)5/h6-7,10,14H,8-9,11-13H2,1-5H3/t14-/m0/s1. The van der Waals surface area contributed by atoms with Crippen LogP contribution in [-0.4, -0.2) is 50.0 Å². The van der Waals surface area contributed by atoms with Gasteiger partial charge in [0.25, 0.3) is 0 Å². The molecule has 0 N–H and O–H groups in total. The lowest BCUT2D eigenvalue weighted by Crippen LogP contribution is -2.51. The van der Waals surface area contributed by atoms with Crippen LogP contribution in [0.2, 0.25) is 0 Å². The molecule has 3 rings (SSSR count). The van der Waals surface area contributed by atoms with E-state index in [0.29, 0.717) is 6.04 Å². The first-order valence-corrected chi connectivity index (χ1v) is 8.70. The van der Waals surface area contributed by atoms with Crippen molar-refractivity contribution in [3.8, 4) is 0 Å². The number of aryl methyl sites for hydroxylation is 1. The minimum atomic E-state index is 0.0132. The quantitative estimate of drug-likeness (QED) is 0.861. The number of imidazole rings is 1. The molecule has 1 saturated heterocycles. The van der Waals surface area contributed by atoms with E-state index in [-0.39, 0.29) is 5.41 Å². The number of rotatable bonds is 4. The molecule has 132 valence electrons. The molecule has 2 aromatic heterocycles. The number of hydrogen-bond acceptors (Lipinski definition) is 5. The molecule has 2 aromatic rings. The van der Waals surface area contributed by atoms with Gasteiger partial charge in [0.1, 0.15) is 11.6 Å². The predicted molar refractivity (Wildman–Crippen MR) is 93.6 cm³/mol. The van der Waals surface area contributed by atoms with Gasteiger partial charge in [-0.15, -0.1) is 0 Å². The lowest BCUT2D eigenvalue weighted by molar-refractivity contribution is 0.0653. The van der Waals surface area contributed by atoms with Gasteiger partial charge in [-0.3, -0.25) is 9.80 Å². The smallest absolute Gasteiger partial charge is 0.208 e. The molecule has 0 spiro atoms. The summed E-state index contributed by atoms with van der Waals surface area (Å²) >= 11 is 0. The van der Waals surface area contributed by atoms with Crippen LogP contribution in [0.5, 0.6) is 0 Å². The van der Waals surface area contributed by atoms with Crippen molar-refractivity contribution in [3.05, 3.63) is 36.1 Å². The molecular weight excluding hydrogens is 302 g/mol. The zero-order valence-corrected chi connectivity index (χ0v) is 15.5. The summed E-state index contributed by atoms with van der Waals surface area (Å²) in [6, 6.07) is 0.493. The molecule has 1 aliphatic rings. The molecule has 1 fully saturated rings. The summed E-state index contributed by atoms with van der Waals surface area (Å²) in [7, 11) is 2.05. The van der Waals surface area contributed by atoms with E-state index in [1.165, 1.54) is 0 Å². The molecule has 0 unspecified atom stereocenters. The lowest BCUT2D eigenvalue weighted by Gasteiger charge is -2.39. The topological polar surface area (TPSA) is 50.3 Å². The molecule has 6 heteroatoms. The summed E-state index contributed by atoms with van der Waals surface area (Å²) < 4.78 is 8.03. The Morgan fingerprint density at radius 2 is 2.00 bits per heavy atom. The van der Waals surface area contributed by atoms with Crippen LogP contribution in [-0.2, 0) is 25.6 Å². The molecule has 6 nitrogen and oxygen atoms in total. The van der Waals surface area contributed by atoms with Gasteiger partial charge in [-0.25, -0.2) is 9.97 Å². The van der Waals surface area contributed by atoms with Crippen LogP contribution in [0.3, 0.4) is 0 Å². The first-order chi connectivity index (χ1) is 11.3. The number of hydrogen-bond donors (Lipinski definition) is 0.